The van der Waals surface area contributed by atoms with Crippen LogP contribution >= 0.6 is 12.4 Å². The summed E-state index contributed by atoms with van der Waals surface area (Å²) in [7, 11) is 4.91. The maximum absolute atomic E-state index is 12.8. The standard InChI is InChI=1S/C20H25N9O4.ClH/c1-27-9-11(6-13(27)18(31)23-5-4-17(22)30)24-19(32)14-7-12(10-28(14)2)25-20(33)15-8-16(21)26-29(15)3;/h6-10H,4-5H2,1-3H3,(H2,21,26)(H2,22,30)(H,23,31)(H,24,32)(H,25,33);1H. The molecule has 3 aromatic heterocycles. The topological polar surface area (TPSA) is 184 Å². The molecule has 182 valence electrons. The Morgan fingerprint density at radius 3 is 1.82 bits per heavy atom. The molecule has 4 amide bonds. The van der Waals surface area contributed by atoms with Crippen molar-refractivity contribution in [2.75, 3.05) is 22.9 Å². The van der Waals surface area contributed by atoms with Gasteiger partial charge in [0.05, 0.1) is 11.4 Å². The van der Waals surface area contributed by atoms with Gasteiger partial charge in [-0.15, -0.1) is 12.4 Å². The first kappa shape index (κ1) is 26.0. The van der Waals surface area contributed by atoms with Crippen LogP contribution in [0.2, 0.25) is 0 Å². The van der Waals surface area contributed by atoms with Crippen LogP contribution in [0.5, 0.6) is 0 Å². The molecule has 14 heteroatoms. The molecular weight excluding hydrogens is 466 g/mol. The van der Waals surface area contributed by atoms with Gasteiger partial charge in [0.2, 0.25) is 5.91 Å². The molecule has 7 N–H and O–H groups in total. The molecule has 0 unspecified atom stereocenters. The summed E-state index contributed by atoms with van der Waals surface area (Å²) >= 11 is 0. The van der Waals surface area contributed by atoms with Gasteiger partial charge < -0.3 is 36.6 Å². The van der Waals surface area contributed by atoms with Crippen molar-refractivity contribution in [2.24, 2.45) is 26.9 Å². The van der Waals surface area contributed by atoms with E-state index in [1.54, 1.807) is 42.7 Å². The summed E-state index contributed by atoms with van der Waals surface area (Å²) < 4.78 is 4.46. The number of carbonyl (C=O) groups is 4. The fraction of sp³-hybridized carbons (Fsp3) is 0.250. The third-order valence-corrected chi connectivity index (χ3v) is 4.78. The van der Waals surface area contributed by atoms with Gasteiger partial charge in [0, 0.05) is 52.6 Å². The normalized spacial score (nSPS) is 10.3. The highest BCUT2D eigenvalue weighted by Crippen LogP contribution is 2.18. The zero-order valence-corrected chi connectivity index (χ0v) is 19.6. The van der Waals surface area contributed by atoms with Crippen LogP contribution in [0.1, 0.15) is 37.9 Å². The smallest absolute Gasteiger partial charge is 0.274 e. The summed E-state index contributed by atoms with van der Waals surface area (Å²) in [5, 5.41) is 11.9. The van der Waals surface area contributed by atoms with Crippen LogP contribution in [-0.4, -0.2) is 49.1 Å². The number of nitrogen functional groups attached to an aromatic ring is 1. The van der Waals surface area contributed by atoms with Crippen molar-refractivity contribution in [1.29, 1.82) is 0 Å². The number of primary amides is 1. The van der Waals surface area contributed by atoms with E-state index in [-0.39, 0.29) is 42.6 Å². The lowest BCUT2D eigenvalue weighted by molar-refractivity contribution is -0.117. The third kappa shape index (κ3) is 5.95. The molecule has 0 aliphatic heterocycles. The molecule has 3 aromatic rings. The van der Waals surface area contributed by atoms with E-state index >= 15 is 0 Å². The number of rotatable bonds is 8. The summed E-state index contributed by atoms with van der Waals surface area (Å²) in [6.45, 7) is 0.115. The SMILES string of the molecule is Cl.Cn1cc(NC(=O)c2cc(NC(=O)c3cc(N)nn3C)cn2C)cc1C(=O)NCCC(N)=O. The Kier molecular flexibility index (Phi) is 8.08. The van der Waals surface area contributed by atoms with Crippen molar-refractivity contribution in [3.05, 3.63) is 47.7 Å². The summed E-state index contributed by atoms with van der Waals surface area (Å²) in [6.07, 6.45) is 3.20. The molecule has 0 saturated heterocycles. The van der Waals surface area contributed by atoms with Crippen LogP contribution in [0.15, 0.2) is 30.6 Å². The van der Waals surface area contributed by atoms with Gasteiger partial charge in [0.25, 0.3) is 17.7 Å². The van der Waals surface area contributed by atoms with Crippen LogP contribution in [0.3, 0.4) is 0 Å². The van der Waals surface area contributed by atoms with E-state index in [2.05, 4.69) is 21.0 Å². The van der Waals surface area contributed by atoms with E-state index < -0.39 is 23.6 Å². The second kappa shape index (κ2) is 10.6. The lowest BCUT2D eigenvalue weighted by Gasteiger charge is -2.04. The number of aryl methyl sites for hydroxylation is 3. The number of hydrogen-bond donors (Lipinski definition) is 5. The number of nitrogens with zero attached hydrogens (tertiary/aromatic N) is 4. The van der Waals surface area contributed by atoms with Crippen molar-refractivity contribution in [3.8, 4) is 0 Å². The highest BCUT2D eigenvalue weighted by molar-refractivity contribution is 6.07. The average Bonchev–Trinajstić information content (AvgIpc) is 3.37. The molecule has 34 heavy (non-hydrogen) atoms. The van der Waals surface area contributed by atoms with Crippen LogP contribution in [0.25, 0.3) is 0 Å². The molecule has 13 nitrogen and oxygen atoms in total. The van der Waals surface area contributed by atoms with Crippen molar-refractivity contribution in [1.82, 2.24) is 24.2 Å². The van der Waals surface area contributed by atoms with Gasteiger partial charge in [-0.05, 0) is 12.1 Å². The zero-order valence-electron chi connectivity index (χ0n) is 18.8. The Labute approximate surface area is 200 Å². The first-order valence-corrected chi connectivity index (χ1v) is 9.86. The average molecular weight is 492 g/mol. The molecule has 3 rings (SSSR count). The van der Waals surface area contributed by atoms with Gasteiger partial charge in [-0.3, -0.25) is 23.9 Å². The van der Waals surface area contributed by atoms with E-state index in [4.69, 9.17) is 11.5 Å². The zero-order chi connectivity index (χ0) is 24.3. The summed E-state index contributed by atoms with van der Waals surface area (Å²) in [4.78, 5) is 48.3. The molecule has 0 radical (unpaired) electrons. The summed E-state index contributed by atoms with van der Waals surface area (Å²) in [5.41, 5.74) is 12.3. The van der Waals surface area contributed by atoms with Gasteiger partial charge in [-0.1, -0.05) is 0 Å². The van der Waals surface area contributed by atoms with Gasteiger partial charge in [-0.2, -0.15) is 5.10 Å². The monoisotopic (exact) mass is 491 g/mol. The van der Waals surface area contributed by atoms with E-state index in [9.17, 15) is 19.2 Å². The van der Waals surface area contributed by atoms with Gasteiger partial charge in [0.15, 0.2) is 0 Å². The maximum atomic E-state index is 12.8. The summed E-state index contributed by atoms with van der Waals surface area (Å²) in [5.74, 6) is -1.56. The minimum Gasteiger partial charge on any atom is -0.382 e. The Morgan fingerprint density at radius 2 is 1.35 bits per heavy atom. The predicted octanol–water partition coefficient (Wildman–Crippen LogP) is 0.211. The number of amides is 4. The fourth-order valence-electron chi connectivity index (χ4n) is 3.20. The number of hydrogen-bond acceptors (Lipinski definition) is 6. The highest BCUT2D eigenvalue weighted by atomic mass is 35.5. The van der Waals surface area contributed by atoms with E-state index in [1.807, 2.05) is 0 Å². The molecule has 0 aromatic carbocycles. The molecular formula is C20H26ClN9O4. The number of halogens is 1. The predicted molar refractivity (Wildman–Crippen MR) is 128 cm³/mol. The second-order valence-corrected chi connectivity index (χ2v) is 7.41. The van der Waals surface area contributed by atoms with Gasteiger partial charge in [0.1, 0.15) is 22.9 Å². The molecule has 3 heterocycles. The maximum Gasteiger partial charge on any atom is 0.274 e. The molecule has 0 aliphatic carbocycles. The number of aromatic nitrogens is 4. The quantitative estimate of drug-likeness (QED) is 0.300. The fourth-order valence-corrected chi connectivity index (χ4v) is 3.20. The van der Waals surface area contributed by atoms with Crippen molar-refractivity contribution in [3.63, 3.8) is 0 Å². The molecule has 0 bridgehead atoms. The largest absolute Gasteiger partial charge is 0.382 e. The summed E-state index contributed by atoms with van der Waals surface area (Å²) in [6, 6.07) is 4.48. The van der Waals surface area contributed by atoms with Crippen molar-refractivity contribution < 1.29 is 19.2 Å². The van der Waals surface area contributed by atoms with Crippen LogP contribution in [0.4, 0.5) is 17.2 Å². The van der Waals surface area contributed by atoms with Crippen molar-refractivity contribution in [2.45, 2.75) is 6.42 Å². The van der Waals surface area contributed by atoms with Crippen LogP contribution < -0.4 is 27.4 Å². The van der Waals surface area contributed by atoms with E-state index in [0.29, 0.717) is 17.1 Å². The third-order valence-electron chi connectivity index (χ3n) is 4.78. The van der Waals surface area contributed by atoms with Crippen molar-refractivity contribution >= 4 is 53.2 Å². The minimum atomic E-state index is -0.516. The number of nitrogens with one attached hydrogen (secondary N) is 3. The first-order chi connectivity index (χ1) is 15.5. The Bertz CT molecular complexity index is 1240. The van der Waals surface area contributed by atoms with E-state index in [1.165, 1.54) is 22.9 Å². The van der Waals surface area contributed by atoms with Crippen LogP contribution in [-0.2, 0) is 25.9 Å². The Balaban J connectivity index is 0.00000408. The lowest BCUT2D eigenvalue weighted by atomic mass is 10.3. The minimum absolute atomic E-state index is 0. The number of anilines is 3. The van der Waals surface area contributed by atoms with Crippen LogP contribution in [0, 0.1) is 0 Å². The second-order valence-electron chi connectivity index (χ2n) is 7.41. The number of nitrogens with two attached hydrogens (primary N) is 2. The van der Waals surface area contributed by atoms with Gasteiger partial charge in [-0.25, -0.2) is 0 Å². The molecule has 0 spiro atoms. The molecule has 0 fully saturated rings. The Hall–Kier alpha value is -4.26. The number of carbonyl (C=O) groups excluding carboxylic acids is 4. The first-order valence-electron chi connectivity index (χ1n) is 9.86. The molecule has 0 saturated carbocycles. The Morgan fingerprint density at radius 1 is 0.853 bits per heavy atom. The van der Waals surface area contributed by atoms with E-state index in [0.717, 1.165) is 0 Å². The highest BCUT2D eigenvalue weighted by Gasteiger charge is 2.18. The lowest BCUT2D eigenvalue weighted by Crippen LogP contribution is -2.29. The molecule has 0 aliphatic rings. The molecule has 0 atom stereocenters. The van der Waals surface area contributed by atoms with Gasteiger partial charge >= 0.3 is 0 Å².